The lowest BCUT2D eigenvalue weighted by atomic mass is 9.93. The van der Waals surface area contributed by atoms with Gasteiger partial charge in [0.2, 0.25) is 15.9 Å². The predicted molar refractivity (Wildman–Crippen MR) is 133 cm³/mol. The molecular formula is C24H43N3O4S. The Bertz CT molecular complexity index is 905. The summed E-state index contributed by atoms with van der Waals surface area (Å²) in [6.45, 7) is 18.2. The van der Waals surface area contributed by atoms with Crippen LogP contribution in [0.3, 0.4) is 0 Å². The average Bonchev–Trinajstić information content (AvgIpc) is 3.19. The first kappa shape index (κ1) is 30.1. The van der Waals surface area contributed by atoms with Gasteiger partial charge < -0.3 is 9.84 Å². The standard InChI is InChI=1S/C11H24N2O3S.C11H13NO.C2H6/c1-6-7-12-8-11(4,5)10(14)13-17(15,16)9(2)3;1-3-8(2)11-9-6-4-5-7-10(9)13-12-11;1-2/h9,12H,6-8H2,1-5H3,(H,13,14);4-8H,3H2,1-2H3;1-2H3. The molecule has 0 saturated heterocycles. The van der Waals surface area contributed by atoms with Gasteiger partial charge >= 0.3 is 0 Å². The van der Waals surface area contributed by atoms with E-state index in [0.717, 1.165) is 36.0 Å². The molecule has 0 aliphatic heterocycles. The minimum atomic E-state index is -3.54. The van der Waals surface area contributed by atoms with Gasteiger partial charge in [0.15, 0.2) is 5.58 Å². The van der Waals surface area contributed by atoms with Crippen molar-refractivity contribution in [3.05, 3.63) is 30.0 Å². The molecule has 0 aliphatic rings. The largest absolute Gasteiger partial charge is 0.356 e. The molecule has 1 aromatic heterocycles. The number of fused-ring (bicyclic) bond motifs is 1. The maximum absolute atomic E-state index is 11.8. The predicted octanol–water partition coefficient (Wildman–Crippen LogP) is 5.23. The molecule has 1 aromatic carbocycles. The van der Waals surface area contributed by atoms with Gasteiger partial charge in [0.25, 0.3) is 0 Å². The van der Waals surface area contributed by atoms with E-state index in [2.05, 4.69) is 35.1 Å². The van der Waals surface area contributed by atoms with Gasteiger partial charge in [-0.1, -0.05) is 51.9 Å². The third-order valence-electron chi connectivity index (χ3n) is 4.95. The minimum Gasteiger partial charge on any atom is -0.356 e. The van der Waals surface area contributed by atoms with Crippen LogP contribution in [0.4, 0.5) is 0 Å². The third-order valence-corrected chi connectivity index (χ3v) is 6.66. The normalized spacial score (nSPS) is 12.4. The smallest absolute Gasteiger partial charge is 0.240 e. The molecule has 0 spiro atoms. The van der Waals surface area contributed by atoms with Gasteiger partial charge in [0.05, 0.1) is 16.4 Å². The highest BCUT2D eigenvalue weighted by Gasteiger charge is 2.31. The van der Waals surface area contributed by atoms with Gasteiger partial charge in [-0.05, 0) is 59.2 Å². The molecule has 0 bridgehead atoms. The first-order valence-electron chi connectivity index (χ1n) is 11.6. The number of para-hydroxylation sites is 1. The van der Waals surface area contributed by atoms with Crippen LogP contribution >= 0.6 is 0 Å². The first-order valence-corrected chi connectivity index (χ1v) is 13.1. The first-order chi connectivity index (χ1) is 15.0. The van der Waals surface area contributed by atoms with E-state index in [9.17, 15) is 13.2 Å². The van der Waals surface area contributed by atoms with Gasteiger partial charge in [-0.3, -0.25) is 9.52 Å². The number of nitrogens with one attached hydrogen (secondary N) is 2. The Labute approximate surface area is 194 Å². The maximum Gasteiger partial charge on any atom is 0.240 e. The number of rotatable bonds is 9. The Morgan fingerprint density at radius 1 is 1.12 bits per heavy atom. The highest BCUT2D eigenvalue weighted by Crippen LogP contribution is 2.26. The Morgan fingerprint density at radius 3 is 2.25 bits per heavy atom. The van der Waals surface area contributed by atoms with Gasteiger partial charge in [-0.2, -0.15) is 0 Å². The molecule has 2 rings (SSSR count). The molecule has 8 heteroatoms. The van der Waals surface area contributed by atoms with Crippen LogP contribution < -0.4 is 10.0 Å². The maximum atomic E-state index is 11.8. The Morgan fingerprint density at radius 2 is 1.72 bits per heavy atom. The van der Waals surface area contributed by atoms with Crippen molar-refractivity contribution in [2.75, 3.05) is 13.1 Å². The van der Waals surface area contributed by atoms with Crippen molar-refractivity contribution >= 4 is 26.9 Å². The lowest BCUT2D eigenvalue weighted by Gasteiger charge is -2.24. The van der Waals surface area contributed by atoms with Crippen LogP contribution in [0.5, 0.6) is 0 Å². The molecule has 2 N–H and O–H groups in total. The van der Waals surface area contributed by atoms with Gasteiger partial charge in [0.1, 0.15) is 0 Å². The van der Waals surface area contributed by atoms with E-state index in [4.69, 9.17) is 4.52 Å². The van der Waals surface area contributed by atoms with Crippen LogP contribution in [-0.4, -0.2) is 37.8 Å². The van der Waals surface area contributed by atoms with E-state index >= 15 is 0 Å². The van der Waals surface area contributed by atoms with E-state index in [1.807, 2.05) is 39.0 Å². The summed E-state index contributed by atoms with van der Waals surface area (Å²) in [4.78, 5) is 11.8. The molecule has 0 fully saturated rings. The summed E-state index contributed by atoms with van der Waals surface area (Å²) in [6.07, 6.45) is 2.07. The number of hydrogen-bond donors (Lipinski definition) is 2. The fourth-order valence-corrected chi connectivity index (χ4v) is 3.27. The number of carbonyl (C=O) groups excluding carboxylic acids is 1. The van der Waals surface area contributed by atoms with Crippen LogP contribution in [0.15, 0.2) is 28.8 Å². The lowest BCUT2D eigenvalue weighted by molar-refractivity contribution is -0.127. The van der Waals surface area contributed by atoms with E-state index < -0.39 is 26.6 Å². The summed E-state index contributed by atoms with van der Waals surface area (Å²) in [7, 11) is -3.54. The molecule has 2 aromatic rings. The molecule has 7 nitrogen and oxygen atoms in total. The Kier molecular flexibility index (Phi) is 13.4. The van der Waals surface area contributed by atoms with E-state index in [1.54, 1.807) is 13.8 Å². The second-order valence-corrected chi connectivity index (χ2v) is 10.7. The highest BCUT2D eigenvalue weighted by atomic mass is 32.2. The molecule has 1 unspecified atom stereocenters. The molecule has 0 aliphatic carbocycles. The van der Waals surface area contributed by atoms with E-state index in [-0.39, 0.29) is 0 Å². The van der Waals surface area contributed by atoms with Crippen molar-refractivity contribution in [1.82, 2.24) is 15.2 Å². The molecular weight excluding hydrogens is 426 g/mol. The van der Waals surface area contributed by atoms with Crippen molar-refractivity contribution in [1.29, 1.82) is 0 Å². The fourth-order valence-electron chi connectivity index (χ4n) is 2.50. The van der Waals surface area contributed by atoms with Gasteiger partial charge in [-0.15, -0.1) is 0 Å². The number of carbonyl (C=O) groups is 1. The van der Waals surface area contributed by atoms with Crippen molar-refractivity contribution < 1.29 is 17.7 Å². The highest BCUT2D eigenvalue weighted by molar-refractivity contribution is 7.90. The minimum absolute atomic E-state index is 0.459. The number of hydrogen-bond acceptors (Lipinski definition) is 6. The van der Waals surface area contributed by atoms with Crippen LogP contribution in [-0.2, 0) is 14.8 Å². The van der Waals surface area contributed by atoms with Gasteiger partial charge in [0, 0.05) is 17.8 Å². The summed E-state index contributed by atoms with van der Waals surface area (Å²) in [5.41, 5.74) is 1.23. The van der Waals surface area contributed by atoms with E-state index in [1.165, 1.54) is 13.8 Å². The number of sulfonamides is 1. The van der Waals surface area contributed by atoms with Crippen LogP contribution in [0.1, 0.15) is 86.8 Å². The molecule has 184 valence electrons. The second kappa shape index (κ2) is 14.3. The Balaban J connectivity index is 0.000000569. The van der Waals surface area contributed by atoms with Crippen molar-refractivity contribution in [2.24, 2.45) is 5.41 Å². The summed E-state index contributed by atoms with van der Waals surface area (Å²) < 4.78 is 30.5. The average molecular weight is 470 g/mol. The zero-order valence-corrected chi connectivity index (χ0v) is 22.1. The second-order valence-electron chi connectivity index (χ2n) is 8.46. The SMILES string of the molecule is CC.CCC(C)c1noc2ccccc12.CCCNCC(C)(C)C(=O)NS(=O)(=O)C(C)C. The van der Waals surface area contributed by atoms with Crippen molar-refractivity contribution in [2.45, 2.75) is 86.3 Å². The summed E-state index contributed by atoms with van der Waals surface area (Å²) in [5.74, 6) is 0.0125. The number of amides is 1. The summed E-state index contributed by atoms with van der Waals surface area (Å²) >= 11 is 0. The van der Waals surface area contributed by atoms with E-state index in [0.29, 0.717) is 12.5 Å². The molecule has 1 heterocycles. The van der Waals surface area contributed by atoms with Crippen LogP contribution in [0, 0.1) is 5.41 Å². The van der Waals surface area contributed by atoms with Crippen molar-refractivity contribution in [3.63, 3.8) is 0 Å². The third kappa shape index (κ3) is 9.28. The molecule has 1 amide bonds. The lowest BCUT2D eigenvalue weighted by Crippen LogP contribution is -2.47. The zero-order valence-electron chi connectivity index (χ0n) is 21.3. The zero-order chi connectivity index (χ0) is 24.9. The number of benzene rings is 1. The monoisotopic (exact) mass is 469 g/mol. The topological polar surface area (TPSA) is 101 Å². The van der Waals surface area contributed by atoms with Crippen molar-refractivity contribution in [3.8, 4) is 0 Å². The molecule has 32 heavy (non-hydrogen) atoms. The van der Waals surface area contributed by atoms with Crippen LogP contribution in [0.2, 0.25) is 0 Å². The summed E-state index contributed by atoms with van der Waals surface area (Å²) in [6, 6.07) is 8.00. The number of aromatic nitrogens is 1. The molecule has 1 atom stereocenters. The summed E-state index contributed by atoms with van der Waals surface area (Å²) in [5, 5.41) is 7.75. The van der Waals surface area contributed by atoms with Gasteiger partial charge in [-0.25, -0.2) is 8.42 Å². The molecule has 0 saturated carbocycles. The fraction of sp³-hybridized carbons (Fsp3) is 0.667. The number of nitrogens with zero attached hydrogens (tertiary/aromatic N) is 1. The quantitative estimate of drug-likeness (QED) is 0.487. The molecule has 0 radical (unpaired) electrons. The van der Waals surface area contributed by atoms with Crippen LogP contribution in [0.25, 0.3) is 11.0 Å². The Hall–Kier alpha value is -1.93.